The van der Waals surface area contributed by atoms with Crippen molar-refractivity contribution in [3.8, 4) is 0 Å². The lowest BCUT2D eigenvalue weighted by Gasteiger charge is -2.15. The SMILES string of the molecule is Nc1ccc(NS(=O)(=O)CCCC(=O)O)c(C(F)(F)F)c1. The number of carboxylic acid groups (broad SMARTS) is 1. The number of anilines is 2. The highest BCUT2D eigenvalue weighted by molar-refractivity contribution is 7.92. The molecule has 0 atom stereocenters. The van der Waals surface area contributed by atoms with Gasteiger partial charge >= 0.3 is 12.1 Å². The third kappa shape index (κ3) is 5.50. The van der Waals surface area contributed by atoms with Crippen molar-refractivity contribution in [2.75, 3.05) is 16.2 Å². The molecule has 0 bridgehead atoms. The molecule has 0 amide bonds. The molecule has 0 radical (unpaired) electrons. The van der Waals surface area contributed by atoms with Crippen LogP contribution >= 0.6 is 0 Å². The first-order valence-corrected chi connectivity index (χ1v) is 7.35. The molecule has 0 aromatic heterocycles. The Morgan fingerprint density at radius 3 is 2.48 bits per heavy atom. The van der Waals surface area contributed by atoms with Crippen LogP contribution in [0.25, 0.3) is 0 Å². The molecule has 0 aliphatic rings. The first kappa shape index (κ1) is 17.1. The molecule has 1 aromatic rings. The normalized spacial score (nSPS) is 12.1. The highest BCUT2D eigenvalue weighted by Crippen LogP contribution is 2.36. The van der Waals surface area contributed by atoms with Gasteiger partial charge in [0.05, 0.1) is 17.0 Å². The standard InChI is InChI=1S/C11H13F3N2O4S/c12-11(13,14)8-6-7(15)3-4-9(8)16-21(19,20)5-1-2-10(17)18/h3-4,6,16H,1-2,5,15H2,(H,17,18). The Labute approximate surface area is 118 Å². The summed E-state index contributed by atoms with van der Waals surface area (Å²) in [5, 5.41) is 8.40. The van der Waals surface area contributed by atoms with Gasteiger partial charge in [0.15, 0.2) is 0 Å². The van der Waals surface area contributed by atoms with E-state index in [0.29, 0.717) is 6.07 Å². The van der Waals surface area contributed by atoms with Gasteiger partial charge in [-0.25, -0.2) is 8.42 Å². The molecule has 0 saturated carbocycles. The second kappa shape index (κ2) is 6.20. The molecular weight excluding hydrogens is 313 g/mol. The number of alkyl halides is 3. The van der Waals surface area contributed by atoms with E-state index in [1.807, 2.05) is 0 Å². The minimum absolute atomic E-state index is 0.156. The van der Waals surface area contributed by atoms with Gasteiger partial charge in [0, 0.05) is 12.1 Å². The summed E-state index contributed by atoms with van der Waals surface area (Å²) in [4.78, 5) is 10.3. The van der Waals surface area contributed by atoms with Crippen molar-refractivity contribution in [1.29, 1.82) is 0 Å². The molecule has 0 fully saturated rings. The third-order valence-corrected chi connectivity index (χ3v) is 3.78. The lowest BCUT2D eigenvalue weighted by Crippen LogP contribution is -2.20. The number of hydrogen-bond donors (Lipinski definition) is 3. The first-order valence-electron chi connectivity index (χ1n) is 5.70. The number of nitrogens with two attached hydrogens (primary N) is 1. The molecule has 1 rings (SSSR count). The minimum atomic E-state index is -4.77. The molecule has 21 heavy (non-hydrogen) atoms. The van der Waals surface area contributed by atoms with Gasteiger partial charge in [0.1, 0.15) is 0 Å². The van der Waals surface area contributed by atoms with Crippen LogP contribution in [0.5, 0.6) is 0 Å². The summed E-state index contributed by atoms with van der Waals surface area (Å²) in [5.74, 6) is -1.78. The first-order chi connectivity index (χ1) is 9.51. The molecule has 0 aliphatic heterocycles. The zero-order chi connectivity index (χ0) is 16.3. The topological polar surface area (TPSA) is 109 Å². The Bertz CT molecular complexity index is 629. The molecule has 1 aromatic carbocycles. The van der Waals surface area contributed by atoms with E-state index < -0.39 is 45.6 Å². The summed E-state index contributed by atoms with van der Waals surface area (Å²) in [5.41, 5.74) is 3.25. The summed E-state index contributed by atoms with van der Waals surface area (Å²) >= 11 is 0. The van der Waals surface area contributed by atoms with Gasteiger partial charge in [-0.2, -0.15) is 13.2 Å². The number of rotatable bonds is 6. The fourth-order valence-electron chi connectivity index (χ4n) is 1.52. The van der Waals surface area contributed by atoms with Crippen LogP contribution in [0, 0.1) is 0 Å². The Morgan fingerprint density at radius 1 is 1.33 bits per heavy atom. The monoisotopic (exact) mass is 326 g/mol. The van der Waals surface area contributed by atoms with Crippen molar-refractivity contribution in [1.82, 2.24) is 0 Å². The van der Waals surface area contributed by atoms with Crippen LogP contribution in [0.15, 0.2) is 18.2 Å². The van der Waals surface area contributed by atoms with Gasteiger partial charge in [0.2, 0.25) is 10.0 Å². The summed E-state index contributed by atoms with van der Waals surface area (Å²) in [6.45, 7) is 0. The van der Waals surface area contributed by atoms with Crippen LogP contribution in [0.1, 0.15) is 18.4 Å². The average molecular weight is 326 g/mol. The van der Waals surface area contributed by atoms with Crippen LogP contribution in [0.2, 0.25) is 0 Å². The van der Waals surface area contributed by atoms with Crippen molar-refractivity contribution in [2.24, 2.45) is 0 Å². The minimum Gasteiger partial charge on any atom is -0.481 e. The van der Waals surface area contributed by atoms with E-state index in [-0.39, 0.29) is 12.1 Å². The molecule has 0 aliphatic carbocycles. The molecular formula is C11H13F3N2O4S. The summed E-state index contributed by atoms with van der Waals surface area (Å²) in [6, 6.07) is 2.66. The van der Waals surface area contributed by atoms with E-state index in [4.69, 9.17) is 10.8 Å². The van der Waals surface area contributed by atoms with E-state index in [9.17, 15) is 26.4 Å². The van der Waals surface area contributed by atoms with E-state index in [0.717, 1.165) is 12.1 Å². The second-order valence-electron chi connectivity index (χ2n) is 4.22. The molecule has 6 nitrogen and oxygen atoms in total. The number of hydrogen-bond acceptors (Lipinski definition) is 4. The molecule has 0 spiro atoms. The van der Waals surface area contributed by atoms with Crippen molar-refractivity contribution in [3.63, 3.8) is 0 Å². The third-order valence-electron chi connectivity index (χ3n) is 2.42. The predicted molar refractivity (Wildman–Crippen MR) is 70.1 cm³/mol. The van der Waals surface area contributed by atoms with E-state index in [2.05, 4.69) is 0 Å². The van der Waals surface area contributed by atoms with Crippen molar-refractivity contribution >= 4 is 27.4 Å². The molecule has 0 unspecified atom stereocenters. The van der Waals surface area contributed by atoms with Crippen LogP contribution < -0.4 is 10.5 Å². The smallest absolute Gasteiger partial charge is 0.418 e. The molecule has 0 saturated heterocycles. The highest BCUT2D eigenvalue weighted by atomic mass is 32.2. The van der Waals surface area contributed by atoms with E-state index in [1.165, 1.54) is 0 Å². The van der Waals surface area contributed by atoms with Gasteiger partial charge in [-0.05, 0) is 24.6 Å². The molecule has 4 N–H and O–H groups in total. The van der Waals surface area contributed by atoms with Crippen LogP contribution in [-0.4, -0.2) is 25.2 Å². The maximum absolute atomic E-state index is 12.8. The number of benzene rings is 1. The lowest BCUT2D eigenvalue weighted by atomic mass is 10.1. The largest absolute Gasteiger partial charge is 0.481 e. The molecule has 0 heterocycles. The van der Waals surface area contributed by atoms with E-state index in [1.54, 1.807) is 4.72 Å². The average Bonchev–Trinajstić information content (AvgIpc) is 2.29. The maximum atomic E-state index is 12.8. The fraction of sp³-hybridized carbons (Fsp3) is 0.364. The summed E-state index contributed by atoms with van der Waals surface area (Å²) in [6.07, 6.45) is -5.37. The van der Waals surface area contributed by atoms with Crippen LogP contribution in [0.4, 0.5) is 24.5 Å². The number of carbonyl (C=O) groups is 1. The van der Waals surface area contributed by atoms with Crippen molar-refractivity contribution in [2.45, 2.75) is 19.0 Å². The Morgan fingerprint density at radius 2 is 1.95 bits per heavy atom. The number of nitrogens with one attached hydrogen (secondary N) is 1. The summed E-state index contributed by atoms with van der Waals surface area (Å²) in [7, 11) is -4.08. The Balaban J connectivity index is 2.94. The van der Waals surface area contributed by atoms with E-state index >= 15 is 0 Å². The highest BCUT2D eigenvalue weighted by Gasteiger charge is 2.34. The quantitative estimate of drug-likeness (QED) is 0.692. The number of aliphatic carboxylic acids is 1. The Kier molecular flexibility index (Phi) is 5.05. The zero-order valence-corrected chi connectivity index (χ0v) is 11.5. The van der Waals surface area contributed by atoms with Gasteiger partial charge in [-0.15, -0.1) is 0 Å². The van der Waals surface area contributed by atoms with Crippen LogP contribution in [0.3, 0.4) is 0 Å². The second-order valence-corrected chi connectivity index (χ2v) is 6.06. The fourth-order valence-corrected chi connectivity index (χ4v) is 2.66. The molecule has 118 valence electrons. The molecule has 10 heteroatoms. The summed E-state index contributed by atoms with van der Waals surface area (Å²) < 4.78 is 63.5. The van der Waals surface area contributed by atoms with Crippen molar-refractivity contribution < 1.29 is 31.5 Å². The number of halogens is 3. The number of nitrogen functional groups attached to an aromatic ring is 1. The Hall–Kier alpha value is -1.97. The zero-order valence-electron chi connectivity index (χ0n) is 10.6. The van der Waals surface area contributed by atoms with Gasteiger partial charge in [-0.3, -0.25) is 9.52 Å². The lowest BCUT2D eigenvalue weighted by molar-refractivity contribution is -0.137. The van der Waals surface area contributed by atoms with Crippen LogP contribution in [-0.2, 0) is 21.0 Å². The maximum Gasteiger partial charge on any atom is 0.418 e. The number of carboxylic acids is 1. The van der Waals surface area contributed by atoms with Gasteiger partial charge in [0.25, 0.3) is 0 Å². The number of sulfonamides is 1. The predicted octanol–water partition coefficient (Wildman–Crippen LogP) is 1.89. The van der Waals surface area contributed by atoms with Gasteiger partial charge in [-0.1, -0.05) is 0 Å². The van der Waals surface area contributed by atoms with Gasteiger partial charge < -0.3 is 10.8 Å². The van der Waals surface area contributed by atoms with Crippen molar-refractivity contribution in [3.05, 3.63) is 23.8 Å².